The van der Waals surface area contributed by atoms with Gasteiger partial charge in [-0.05, 0) is 41.9 Å². The van der Waals surface area contributed by atoms with Gasteiger partial charge in [0.1, 0.15) is 5.69 Å². The molecule has 2 aliphatic heterocycles. The van der Waals surface area contributed by atoms with Crippen LogP contribution in [0.2, 0.25) is 0 Å². The van der Waals surface area contributed by atoms with Gasteiger partial charge < -0.3 is 15.5 Å². The van der Waals surface area contributed by atoms with E-state index in [1.54, 1.807) is 6.20 Å². The molecule has 29 heavy (non-hydrogen) atoms. The lowest BCUT2D eigenvalue weighted by Gasteiger charge is -2.37. The molecule has 3 aliphatic rings. The topological polar surface area (TPSA) is 79.5 Å². The number of carbonyl (C=O) groups is 2. The molecule has 2 saturated heterocycles. The maximum atomic E-state index is 13.0. The molecule has 2 fully saturated rings. The molecule has 0 spiro atoms. The van der Waals surface area contributed by atoms with Gasteiger partial charge in [-0.3, -0.25) is 14.6 Å². The van der Waals surface area contributed by atoms with Crippen molar-refractivity contribution in [1.82, 2.24) is 14.8 Å². The van der Waals surface area contributed by atoms with Crippen LogP contribution in [0.3, 0.4) is 0 Å². The summed E-state index contributed by atoms with van der Waals surface area (Å²) in [4.78, 5) is 34.0. The molecule has 6 heteroatoms. The first-order valence-electron chi connectivity index (χ1n) is 10.4. The van der Waals surface area contributed by atoms with E-state index in [4.69, 9.17) is 5.73 Å². The van der Waals surface area contributed by atoms with Gasteiger partial charge in [-0.25, -0.2) is 0 Å². The number of likely N-dealkylation sites (tertiary alicyclic amines) is 2. The second-order valence-electron chi connectivity index (χ2n) is 9.43. The quantitative estimate of drug-likeness (QED) is 0.855. The van der Waals surface area contributed by atoms with E-state index in [2.05, 4.69) is 23.2 Å². The number of fused-ring (bicyclic) bond motifs is 2. The number of nitrogens with zero attached hydrogens (tertiary/aromatic N) is 3. The highest BCUT2D eigenvalue weighted by atomic mass is 16.2. The summed E-state index contributed by atoms with van der Waals surface area (Å²) in [6, 6.07) is 3.39. The first-order chi connectivity index (χ1) is 13.8. The summed E-state index contributed by atoms with van der Waals surface area (Å²) in [5, 5.41) is 0. The van der Waals surface area contributed by atoms with E-state index in [0.29, 0.717) is 18.8 Å². The molecule has 6 nitrogen and oxygen atoms in total. The number of hydrogen-bond acceptors (Lipinski definition) is 4. The highest BCUT2D eigenvalue weighted by molar-refractivity contribution is 5.93. The van der Waals surface area contributed by atoms with Crippen molar-refractivity contribution < 1.29 is 9.59 Å². The Hall–Kier alpha value is -2.47. The van der Waals surface area contributed by atoms with Gasteiger partial charge in [0, 0.05) is 19.3 Å². The van der Waals surface area contributed by atoms with Crippen LogP contribution in [0.4, 0.5) is 0 Å². The molecule has 2 bridgehead atoms. The van der Waals surface area contributed by atoms with Crippen LogP contribution in [0.1, 0.15) is 56.1 Å². The van der Waals surface area contributed by atoms with E-state index in [9.17, 15) is 9.59 Å². The van der Waals surface area contributed by atoms with Crippen molar-refractivity contribution >= 4 is 17.4 Å². The van der Waals surface area contributed by atoms with Crippen LogP contribution < -0.4 is 5.73 Å². The summed E-state index contributed by atoms with van der Waals surface area (Å²) >= 11 is 0. The number of allylic oxidation sites excluding steroid dienone is 4. The van der Waals surface area contributed by atoms with Gasteiger partial charge in [0.25, 0.3) is 5.91 Å². The molecular formula is C23H30N4O2. The Morgan fingerprint density at radius 1 is 1.17 bits per heavy atom. The lowest BCUT2D eigenvalue weighted by atomic mass is 9.86. The van der Waals surface area contributed by atoms with Gasteiger partial charge in [0.2, 0.25) is 5.91 Å². The first kappa shape index (κ1) is 19.8. The number of amides is 2. The van der Waals surface area contributed by atoms with Crippen molar-refractivity contribution in [2.45, 2.75) is 58.2 Å². The van der Waals surface area contributed by atoms with Crippen LogP contribution in [0.5, 0.6) is 0 Å². The van der Waals surface area contributed by atoms with E-state index in [1.165, 1.54) is 5.57 Å². The predicted octanol–water partition coefficient (Wildman–Crippen LogP) is 2.61. The average molecular weight is 395 g/mol. The van der Waals surface area contributed by atoms with Crippen molar-refractivity contribution in [3.05, 3.63) is 47.8 Å². The number of aromatic nitrogens is 1. The summed E-state index contributed by atoms with van der Waals surface area (Å²) < 4.78 is 0. The fourth-order valence-corrected chi connectivity index (χ4v) is 4.44. The molecular weight excluding hydrogens is 364 g/mol. The Kier molecular flexibility index (Phi) is 5.07. The van der Waals surface area contributed by atoms with Crippen molar-refractivity contribution in [2.24, 2.45) is 11.1 Å². The predicted molar refractivity (Wildman–Crippen MR) is 113 cm³/mol. The fraction of sp³-hybridized carbons (Fsp3) is 0.522. The minimum Gasteiger partial charge on any atom is -0.334 e. The molecule has 1 aromatic rings. The van der Waals surface area contributed by atoms with E-state index < -0.39 is 6.04 Å². The minimum atomic E-state index is -0.524. The maximum Gasteiger partial charge on any atom is 0.272 e. The molecule has 4 rings (SSSR count). The molecule has 1 aliphatic carbocycles. The van der Waals surface area contributed by atoms with Crippen LogP contribution in [0.15, 0.2) is 36.6 Å². The van der Waals surface area contributed by atoms with Crippen molar-refractivity contribution in [3.63, 3.8) is 0 Å². The molecule has 3 heterocycles. The van der Waals surface area contributed by atoms with E-state index in [0.717, 1.165) is 24.8 Å². The van der Waals surface area contributed by atoms with Crippen LogP contribution in [0.25, 0.3) is 5.57 Å². The molecule has 1 unspecified atom stereocenters. The summed E-state index contributed by atoms with van der Waals surface area (Å²) in [7, 11) is 0. The Morgan fingerprint density at radius 3 is 2.45 bits per heavy atom. The monoisotopic (exact) mass is 394 g/mol. The second kappa shape index (κ2) is 7.41. The maximum absolute atomic E-state index is 13.0. The molecule has 2 amide bonds. The van der Waals surface area contributed by atoms with Gasteiger partial charge in [0.05, 0.1) is 18.1 Å². The van der Waals surface area contributed by atoms with E-state index >= 15 is 0 Å². The molecule has 3 atom stereocenters. The van der Waals surface area contributed by atoms with Gasteiger partial charge in [-0.1, -0.05) is 45.1 Å². The van der Waals surface area contributed by atoms with Crippen molar-refractivity contribution in [1.29, 1.82) is 0 Å². The van der Waals surface area contributed by atoms with Crippen molar-refractivity contribution in [3.8, 4) is 0 Å². The Labute approximate surface area is 172 Å². The summed E-state index contributed by atoms with van der Waals surface area (Å²) in [6.07, 6.45) is 11.0. The highest BCUT2D eigenvalue weighted by Crippen LogP contribution is 2.33. The zero-order chi connectivity index (χ0) is 20.8. The Morgan fingerprint density at radius 2 is 1.90 bits per heavy atom. The SMILES string of the molecule is CC(C)(C)[C@H](N)C(=O)N1C[C@@H]2CC1CN2C(=O)c1ccc(C2=CC=CCC2)cn1. The van der Waals surface area contributed by atoms with Gasteiger partial charge >= 0.3 is 0 Å². The number of piperazine rings is 1. The summed E-state index contributed by atoms with van der Waals surface area (Å²) in [5.41, 5.74) is 8.70. The number of nitrogens with two attached hydrogens (primary N) is 1. The first-order valence-corrected chi connectivity index (χ1v) is 10.4. The summed E-state index contributed by atoms with van der Waals surface area (Å²) in [6.45, 7) is 7.07. The molecule has 0 radical (unpaired) electrons. The second-order valence-corrected chi connectivity index (χ2v) is 9.43. The van der Waals surface area contributed by atoms with Crippen LogP contribution in [-0.2, 0) is 4.79 Å². The Balaban J connectivity index is 1.41. The van der Waals surface area contributed by atoms with Crippen LogP contribution in [-0.4, -0.2) is 57.8 Å². The normalized spacial score (nSPS) is 24.6. The summed E-state index contributed by atoms with van der Waals surface area (Å²) in [5.74, 6) is -0.0526. The number of pyridine rings is 1. The molecule has 0 saturated carbocycles. The van der Waals surface area contributed by atoms with Gasteiger partial charge in [0.15, 0.2) is 0 Å². The largest absolute Gasteiger partial charge is 0.334 e. The van der Waals surface area contributed by atoms with Gasteiger partial charge in [-0.15, -0.1) is 0 Å². The highest BCUT2D eigenvalue weighted by Gasteiger charge is 2.49. The third-order valence-corrected chi connectivity index (χ3v) is 6.35. The number of hydrogen-bond donors (Lipinski definition) is 1. The van der Waals surface area contributed by atoms with E-state index in [-0.39, 0.29) is 29.3 Å². The van der Waals surface area contributed by atoms with E-state index in [1.807, 2.05) is 42.7 Å². The minimum absolute atomic E-state index is 0.00520. The molecule has 0 aromatic carbocycles. The van der Waals surface area contributed by atoms with Crippen LogP contribution >= 0.6 is 0 Å². The zero-order valence-electron chi connectivity index (χ0n) is 17.5. The van der Waals surface area contributed by atoms with Crippen molar-refractivity contribution in [2.75, 3.05) is 13.1 Å². The molecule has 1 aromatic heterocycles. The third-order valence-electron chi connectivity index (χ3n) is 6.35. The lowest BCUT2D eigenvalue weighted by molar-refractivity contribution is -0.137. The Bertz CT molecular complexity index is 866. The number of carbonyl (C=O) groups excluding carboxylic acids is 2. The average Bonchev–Trinajstić information content (AvgIpc) is 3.33. The molecule has 2 N–H and O–H groups in total. The fourth-order valence-electron chi connectivity index (χ4n) is 4.44. The number of rotatable bonds is 3. The van der Waals surface area contributed by atoms with Gasteiger partial charge in [-0.2, -0.15) is 0 Å². The lowest BCUT2D eigenvalue weighted by Crippen LogP contribution is -2.57. The zero-order valence-corrected chi connectivity index (χ0v) is 17.5. The smallest absolute Gasteiger partial charge is 0.272 e. The molecule has 154 valence electrons. The standard InChI is InChI=1S/C23H30N4O2/c1-23(2,3)20(24)22(29)27-14-17-11-18(27)13-26(17)21(28)19-10-9-16(12-25-19)15-7-5-4-6-8-15/h4-5,7,9-10,12,17-18,20H,6,8,11,13-14,24H2,1-3H3/t17-,18?,20+/m0/s1. The van der Waals surface area contributed by atoms with Crippen LogP contribution in [0, 0.1) is 5.41 Å². The third kappa shape index (κ3) is 3.73.